The van der Waals surface area contributed by atoms with Crippen LogP contribution in [-0.4, -0.2) is 18.2 Å². The fourth-order valence-corrected chi connectivity index (χ4v) is 11.2. The van der Waals surface area contributed by atoms with E-state index in [1.165, 1.54) is 49.4 Å². The molecule has 2 aromatic heterocycles. The van der Waals surface area contributed by atoms with Crippen LogP contribution in [-0.2, 0) is 0 Å². The average molecular weight is 765 g/mol. The average Bonchev–Trinajstić information content (AvgIpc) is 3.92. The predicted molar refractivity (Wildman–Crippen MR) is 252 cm³/mol. The number of nitrogens with two attached hydrogens (primary N) is 1. The molecule has 0 aliphatic carbocycles. The van der Waals surface area contributed by atoms with Gasteiger partial charge in [0.25, 0.3) is 0 Å². The van der Waals surface area contributed by atoms with Gasteiger partial charge in [0, 0.05) is 50.5 Å². The summed E-state index contributed by atoms with van der Waals surface area (Å²) in [5.41, 5.74) is 27.8. The summed E-state index contributed by atoms with van der Waals surface area (Å²) in [6.07, 6.45) is 5.96. The first-order valence-electron chi connectivity index (χ1n) is 20.6. The number of furan rings is 1. The van der Waals surface area contributed by atoms with E-state index in [2.05, 4.69) is 189 Å². The standard InChI is InChI=1S/C52H33B2N5O/c55-29-27-31-13-9-22-37-35-20-11-24-40-44(35)53(56-48(31)37)46-47-51(52-43(39-19-7-8-26-42(39)60-52)50(46)58(40)33-15-3-1-4-16-33)59(34-17-5-2-6-18-34)41-25-12-21-36-38-23-10-14-32-28-30-57(49(32)38)54(47)45(36)41/h1-30,56H,55H2/b29-27-. The smallest absolute Gasteiger partial charge is 0.332 e. The summed E-state index contributed by atoms with van der Waals surface area (Å²) in [4.78, 5) is 5.00. The van der Waals surface area contributed by atoms with E-state index in [0.29, 0.717) is 0 Å². The van der Waals surface area contributed by atoms with E-state index < -0.39 is 0 Å². The Balaban J connectivity index is 1.24. The van der Waals surface area contributed by atoms with Gasteiger partial charge in [-0.15, -0.1) is 0 Å². The van der Waals surface area contributed by atoms with E-state index in [1.54, 1.807) is 6.20 Å². The molecule has 3 N–H and O–H groups in total. The number of para-hydroxylation sites is 5. The highest BCUT2D eigenvalue weighted by atomic mass is 16.3. The third kappa shape index (κ3) is 3.95. The number of anilines is 7. The molecule has 0 fully saturated rings. The third-order valence-electron chi connectivity index (χ3n) is 13.4. The molecular formula is C52H33B2N5O. The van der Waals surface area contributed by atoms with Crippen LogP contribution in [0.15, 0.2) is 181 Å². The van der Waals surface area contributed by atoms with Crippen LogP contribution in [0.2, 0.25) is 0 Å². The van der Waals surface area contributed by atoms with Crippen LogP contribution in [0.25, 0.3) is 61.2 Å². The van der Waals surface area contributed by atoms with Crippen molar-refractivity contribution < 1.29 is 4.42 Å². The lowest BCUT2D eigenvalue weighted by Gasteiger charge is -2.46. The maximum atomic E-state index is 7.31. The maximum Gasteiger partial charge on any atom is 0.332 e. The number of benzene rings is 8. The molecule has 8 heteroatoms. The summed E-state index contributed by atoms with van der Waals surface area (Å²) in [6.45, 7) is -0.397. The largest absolute Gasteiger partial charge is 0.454 e. The van der Waals surface area contributed by atoms with Gasteiger partial charge >= 0.3 is 13.7 Å². The molecule has 0 bridgehead atoms. The summed E-state index contributed by atoms with van der Waals surface area (Å²) < 4.78 is 9.86. The fraction of sp³-hybridized carbons (Fsp3) is 0. The highest BCUT2D eigenvalue weighted by Gasteiger charge is 2.51. The molecule has 278 valence electrons. The van der Waals surface area contributed by atoms with Gasteiger partial charge in [-0.05, 0) is 111 Å². The van der Waals surface area contributed by atoms with E-state index in [1.807, 2.05) is 6.08 Å². The van der Waals surface area contributed by atoms with Gasteiger partial charge < -0.3 is 29.7 Å². The number of nitrogens with zero attached hydrogens (tertiary/aromatic N) is 3. The van der Waals surface area contributed by atoms with Gasteiger partial charge in [-0.3, -0.25) is 0 Å². The molecule has 0 saturated carbocycles. The molecule has 0 atom stereocenters. The van der Waals surface area contributed by atoms with E-state index in [4.69, 9.17) is 10.2 Å². The van der Waals surface area contributed by atoms with Crippen molar-refractivity contribution in [2.45, 2.75) is 0 Å². The maximum absolute atomic E-state index is 7.31. The van der Waals surface area contributed by atoms with E-state index in [9.17, 15) is 0 Å². The van der Waals surface area contributed by atoms with Gasteiger partial charge in [-0.1, -0.05) is 115 Å². The Morgan fingerprint density at radius 1 is 0.550 bits per heavy atom. The fourth-order valence-electron chi connectivity index (χ4n) is 11.2. The molecule has 4 aliphatic rings. The minimum absolute atomic E-state index is 0.168. The van der Waals surface area contributed by atoms with Gasteiger partial charge in [0.05, 0.1) is 16.8 Å². The van der Waals surface area contributed by atoms with Crippen LogP contribution in [0.1, 0.15) is 5.56 Å². The minimum atomic E-state index is -0.229. The van der Waals surface area contributed by atoms with Crippen LogP contribution in [0.5, 0.6) is 0 Å². The number of hydrogen-bond donors (Lipinski definition) is 2. The van der Waals surface area contributed by atoms with Crippen molar-refractivity contribution in [2.75, 3.05) is 15.0 Å². The van der Waals surface area contributed by atoms with Crippen LogP contribution in [0.3, 0.4) is 0 Å². The monoisotopic (exact) mass is 765 g/mol. The van der Waals surface area contributed by atoms with Gasteiger partial charge in [-0.25, -0.2) is 0 Å². The van der Waals surface area contributed by atoms with Crippen molar-refractivity contribution >= 4 is 114 Å². The van der Waals surface area contributed by atoms with Crippen molar-refractivity contribution in [1.29, 1.82) is 0 Å². The molecule has 60 heavy (non-hydrogen) atoms. The summed E-state index contributed by atoms with van der Waals surface area (Å²) in [5.74, 6) is 0. The highest BCUT2D eigenvalue weighted by molar-refractivity contribution is 7.01. The van der Waals surface area contributed by atoms with Crippen molar-refractivity contribution in [1.82, 2.24) is 4.48 Å². The number of hydrogen-bond acceptors (Lipinski definition) is 5. The van der Waals surface area contributed by atoms with Crippen molar-refractivity contribution in [3.63, 3.8) is 0 Å². The van der Waals surface area contributed by atoms with E-state index in [0.717, 1.165) is 72.9 Å². The molecule has 14 rings (SSSR count). The summed E-state index contributed by atoms with van der Waals surface area (Å²) in [7, 11) is 0. The topological polar surface area (TPSA) is 62.6 Å². The van der Waals surface area contributed by atoms with E-state index >= 15 is 0 Å². The molecule has 6 nitrogen and oxygen atoms in total. The summed E-state index contributed by atoms with van der Waals surface area (Å²) >= 11 is 0. The highest BCUT2D eigenvalue weighted by Crippen LogP contribution is 2.52. The quantitative estimate of drug-likeness (QED) is 0.176. The molecule has 8 aromatic carbocycles. The molecule has 0 spiro atoms. The number of fused-ring (bicyclic) bond motifs is 14. The first kappa shape index (κ1) is 32.2. The SMILES string of the molecule is N/C=C\c1cccc2c1NB1c3c-2cccc3N(c2ccccc2)c2c1c1c(c3oc4ccccc4c23)N(c2ccccc2)c2cccc3c2B1n1ccc2cccc-3c21. The van der Waals surface area contributed by atoms with Gasteiger partial charge in [0.2, 0.25) is 0 Å². The molecule has 4 aliphatic heterocycles. The Hall–Kier alpha value is -7.83. The van der Waals surface area contributed by atoms with Crippen molar-refractivity contribution in [3.8, 4) is 22.3 Å². The summed E-state index contributed by atoms with van der Waals surface area (Å²) in [5, 5.41) is 7.64. The lowest BCUT2D eigenvalue weighted by molar-refractivity contribution is 0.669. The predicted octanol–water partition coefficient (Wildman–Crippen LogP) is 9.87. The number of nitrogens with one attached hydrogen (secondary N) is 1. The zero-order chi connectivity index (χ0) is 39.2. The zero-order valence-corrected chi connectivity index (χ0v) is 32.3. The van der Waals surface area contributed by atoms with Crippen molar-refractivity contribution in [2.24, 2.45) is 5.73 Å². The Morgan fingerprint density at radius 2 is 1.20 bits per heavy atom. The van der Waals surface area contributed by atoms with Gasteiger partial charge in [0.1, 0.15) is 5.58 Å². The number of aromatic nitrogens is 1. The summed E-state index contributed by atoms with van der Waals surface area (Å²) in [6, 6.07) is 59.4. The third-order valence-corrected chi connectivity index (χ3v) is 13.4. The Bertz CT molecular complexity index is 3520. The molecule has 0 saturated heterocycles. The van der Waals surface area contributed by atoms with Crippen LogP contribution >= 0.6 is 0 Å². The lowest BCUT2D eigenvalue weighted by atomic mass is 9.36. The molecule has 0 amide bonds. The Morgan fingerprint density at radius 3 is 1.98 bits per heavy atom. The van der Waals surface area contributed by atoms with E-state index in [-0.39, 0.29) is 13.7 Å². The second-order valence-electron chi connectivity index (χ2n) is 16.2. The molecule has 0 radical (unpaired) electrons. The van der Waals surface area contributed by atoms with Gasteiger partial charge in [-0.2, -0.15) is 0 Å². The molecule has 10 aromatic rings. The first-order valence-corrected chi connectivity index (χ1v) is 20.6. The minimum Gasteiger partial charge on any atom is -0.454 e. The second kappa shape index (κ2) is 11.6. The lowest BCUT2D eigenvalue weighted by Crippen LogP contribution is -2.69. The Labute approximate surface area is 346 Å². The number of rotatable bonds is 3. The first-order chi connectivity index (χ1) is 29.8. The van der Waals surface area contributed by atoms with Crippen molar-refractivity contribution in [3.05, 3.63) is 182 Å². The normalized spacial score (nSPS) is 14.0. The van der Waals surface area contributed by atoms with Gasteiger partial charge in [0.15, 0.2) is 5.58 Å². The molecule has 0 unspecified atom stereocenters. The van der Waals surface area contributed by atoms with Crippen LogP contribution < -0.4 is 42.6 Å². The van der Waals surface area contributed by atoms with Crippen LogP contribution in [0, 0.1) is 0 Å². The zero-order valence-electron chi connectivity index (χ0n) is 32.3. The van der Waals surface area contributed by atoms with Crippen LogP contribution in [0.4, 0.5) is 39.8 Å². The molecular weight excluding hydrogens is 732 g/mol. The Kier molecular flexibility index (Phi) is 6.24. The second-order valence-corrected chi connectivity index (χ2v) is 16.2. The molecule has 6 heterocycles.